The fraction of sp³-hybridized carbons (Fsp3) is 0.579. The number of aromatic nitrogens is 2. The van der Waals surface area contributed by atoms with Crippen LogP contribution >= 0.6 is 0 Å². The standard InChI is InChI=1S/C38H47N5O12/c1-37(2)52-30-27(51-35(29(40-41-39)32(30)54-37)49-20-22-9-13-25(48-6)14-10-22)18-23(44)17-26-31-33(55-38(3,4)53-31)34(50-26)42-16-15-28(45)43(36(42)46)19-21-7-11-24(47-5)12-8-21/h7-16,23,26-27,29-35,44H,17-20H2,1-6H3/t23-,26-,27-,29-,30+,31-,32-,33-,34-,35?/m1/s1. The minimum absolute atomic E-state index is 0.0335. The molecule has 1 N–H and O–H groups in total. The molecule has 4 aliphatic rings. The van der Waals surface area contributed by atoms with E-state index in [0.29, 0.717) is 11.5 Å². The van der Waals surface area contributed by atoms with Crippen LogP contribution < -0.4 is 20.7 Å². The van der Waals surface area contributed by atoms with Crippen LogP contribution in [0.3, 0.4) is 0 Å². The summed E-state index contributed by atoms with van der Waals surface area (Å²) >= 11 is 0. The van der Waals surface area contributed by atoms with E-state index in [1.807, 2.05) is 24.3 Å². The predicted molar refractivity (Wildman–Crippen MR) is 193 cm³/mol. The smallest absolute Gasteiger partial charge is 0.333 e. The molecular formula is C38H47N5O12. The molecule has 1 aromatic heterocycles. The molecule has 0 bridgehead atoms. The number of aliphatic hydroxyl groups is 1. The van der Waals surface area contributed by atoms with Crippen LogP contribution in [0.1, 0.15) is 57.9 Å². The van der Waals surface area contributed by atoms with Crippen molar-refractivity contribution >= 4 is 0 Å². The minimum Gasteiger partial charge on any atom is -0.497 e. The zero-order valence-electron chi connectivity index (χ0n) is 31.5. The summed E-state index contributed by atoms with van der Waals surface area (Å²) in [5, 5.41) is 15.6. The normalized spacial score (nSPS) is 30.9. The summed E-state index contributed by atoms with van der Waals surface area (Å²) < 4.78 is 57.0. The Hall–Kier alpha value is -4.29. The Morgan fingerprint density at radius 3 is 1.95 bits per heavy atom. The third-order valence-electron chi connectivity index (χ3n) is 10.2. The van der Waals surface area contributed by atoms with E-state index in [9.17, 15) is 20.2 Å². The van der Waals surface area contributed by atoms with Crippen LogP contribution in [0.4, 0.5) is 0 Å². The summed E-state index contributed by atoms with van der Waals surface area (Å²) in [7, 11) is 3.15. The molecule has 17 heteroatoms. The van der Waals surface area contributed by atoms with Gasteiger partial charge in [-0.2, -0.15) is 0 Å². The number of ether oxygens (including phenoxy) is 9. The third kappa shape index (κ3) is 8.31. The molecule has 55 heavy (non-hydrogen) atoms. The molecule has 0 amide bonds. The van der Waals surface area contributed by atoms with Gasteiger partial charge in [-0.1, -0.05) is 29.4 Å². The summed E-state index contributed by atoms with van der Waals surface area (Å²) in [5.74, 6) is -0.683. The molecule has 10 atom stereocenters. The minimum atomic E-state index is -1.03. The van der Waals surface area contributed by atoms with Gasteiger partial charge in [0, 0.05) is 30.0 Å². The monoisotopic (exact) mass is 765 g/mol. The number of nitrogens with zero attached hydrogens (tertiary/aromatic N) is 5. The highest BCUT2D eigenvalue weighted by Crippen LogP contribution is 2.45. The van der Waals surface area contributed by atoms with Crippen LogP contribution in [-0.4, -0.2) is 95.1 Å². The maximum atomic E-state index is 13.9. The molecule has 7 rings (SSSR count). The van der Waals surface area contributed by atoms with Gasteiger partial charge < -0.3 is 47.7 Å². The van der Waals surface area contributed by atoms with E-state index in [1.165, 1.54) is 16.8 Å². The maximum absolute atomic E-state index is 13.9. The molecule has 0 spiro atoms. The summed E-state index contributed by atoms with van der Waals surface area (Å²) in [6.07, 6.45) is -5.68. The Morgan fingerprint density at radius 1 is 0.800 bits per heavy atom. The lowest BCUT2D eigenvalue weighted by Gasteiger charge is -2.41. The number of hydrogen-bond acceptors (Lipinski definition) is 13. The predicted octanol–water partition coefficient (Wildman–Crippen LogP) is 3.77. The Bertz CT molecular complexity index is 1980. The van der Waals surface area contributed by atoms with E-state index in [0.717, 1.165) is 15.7 Å². The summed E-state index contributed by atoms with van der Waals surface area (Å²) in [6, 6.07) is 14.9. The molecule has 4 aliphatic heterocycles. The number of fused-ring (bicyclic) bond motifs is 2. The SMILES string of the molecule is COc1ccc(COC2O[C@H](C[C@H](O)C[C@H]3O[C@@H](n4ccc(=O)n(Cc5ccc(OC)cc5)c4=O)[C@@H]4OC(C)(C)O[C@@H]43)[C@@H]3OC(C)(C)O[C@@H]3[C@H]2N=[N+]=[N-])cc1. The van der Waals surface area contributed by atoms with Crippen LogP contribution in [0.5, 0.6) is 11.5 Å². The highest BCUT2D eigenvalue weighted by Gasteiger charge is 2.58. The van der Waals surface area contributed by atoms with E-state index in [2.05, 4.69) is 10.0 Å². The van der Waals surface area contributed by atoms with Crippen molar-refractivity contribution in [2.24, 2.45) is 5.11 Å². The Kier molecular flexibility index (Phi) is 11.1. The first kappa shape index (κ1) is 39.0. The number of rotatable bonds is 13. The molecule has 0 aliphatic carbocycles. The maximum Gasteiger partial charge on any atom is 0.333 e. The average molecular weight is 766 g/mol. The highest BCUT2D eigenvalue weighted by atomic mass is 16.8. The molecule has 0 saturated carbocycles. The zero-order valence-corrected chi connectivity index (χ0v) is 31.5. The van der Waals surface area contributed by atoms with Crippen molar-refractivity contribution < 1.29 is 47.7 Å². The first-order chi connectivity index (χ1) is 26.3. The number of azide groups is 1. The quantitative estimate of drug-likeness (QED) is 0.151. The lowest BCUT2D eigenvalue weighted by Crippen LogP contribution is -2.56. The molecule has 1 unspecified atom stereocenters. The van der Waals surface area contributed by atoms with Crippen LogP contribution in [-0.2, 0) is 46.3 Å². The number of hydrogen-bond donors (Lipinski definition) is 1. The van der Waals surface area contributed by atoms with E-state index >= 15 is 0 Å². The summed E-state index contributed by atoms with van der Waals surface area (Å²) in [4.78, 5) is 29.8. The van der Waals surface area contributed by atoms with Gasteiger partial charge in [0.2, 0.25) is 0 Å². The van der Waals surface area contributed by atoms with Gasteiger partial charge in [-0.3, -0.25) is 13.9 Å². The van der Waals surface area contributed by atoms with Gasteiger partial charge in [-0.15, -0.1) is 0 Å². The molecule has 4 saturated heterocycles. The Balaban J connectivity index is 1.09. The van der Waals surface area contributed by atoms with Crippen molar-refractivity contribution in [2.75, 3.05) is 14.2 Å². The van der Waals surface area contributed by atoms with Crippen molar-refractivity contribution in [3.63, 3.8) is 0 Å². The zero-order chi connectivity index (χ0) is 39.1. The van der Waals surface area contributed by atoms with E-state index in [1.54, 1.807) is 66.2 Å². The summed E-state index contributed by atoms with van der Waals surface area (Å²) in [6.45, 7) is 7.23. The summed E-state index contributed by atoms with van der Waals surface area (Å²) in [5.41, 5.74) is 9.98. The lowest BCUT2D eigenvalue weighted by atomic mass is 9.92. The topological polar surface area (TPSA) is 196 Å². The first-order valence-electron chi connectivity index (χ1n) is 18.2. The van der Waals surface area contributed by atoms with Gasteiger partial charge in [-0.25, -0.2) is 4.79 Å². The van der Waals surface area contributed by atoms with Crippen molar-refractivity contribution in [2.45, 2.75) is 127 Å². The van der Waals surface area contributed by atoms with Gasteiger partial charge in [0.1, 0.15) is 42.0 Å². The van der Waals surface area contributed by atoms with Crippen molar-refractivity contribution in [1.82, 2.24) is 9.13 Å². The number of methoxy groups -OCH3 is 2. The second-order valence-corrected chi connectivity index (χ2v) is 15.0. The van der Waals surface area contributed by atoms with Crippen molar-refractivity contribution in [3.8, 4) is 11.5 Å². The fourth-order valence-corrected chi connectivity index (χ4v) is 7.75. The molecule has 296 valence electrons. The Morgan fingerprint density at radius 2 is 1.35 bits per heavy atom. The second kappa shape index (κ2) is 15.7. The average Bonchev–Trinajstić information content (AvgIpc) is 3.77. The fourth-order valence-electron chi connectivity index (χ4n) is 7.75. The highest BCUT2D eigenvalue weighted by molar-refractivity contribution is 5.28. The van der Waals surface area contributed by atoms with Crippen molar-refractivity contribution in [1.29, 1.82) is 0 Å². The Labute approximate surface area is 317 Å². The van der Waals surface area contributed by atoms with E-state index in [-0.39, 0.29) is 26.0 Å². The van der Waals surface area contributed by atoms with Gasteiger partial charge in [0.05, 0.1) is 45.7 Å². The van der Waals surface area contributed by atoms with E-state index in [4.69, 9.17) is 42.6 Å². The second-order valence-electron chi connectivity index (χ2n) is 15.0. The van der Waals surface area contributed by atoms with Gasteiger partial charge in [-0.05, 0) is 68.6 Å². The van der Waals surface area contributed by atoms with Gasteiger partial charge >= 0.3 is 5.69 Å². The molecule has 0 radical (unpaired) electrons. The molecule has 17 nitrogen and oxygen atoms in total. The largest absolute Gasteiger partial charge is 0.497 e. The third-order valence-corrected chi connectivity index (χ3v) is 10.2. The van der Waals surface area contributed by atoms with Crippen LogP contribution in [0.15, 0.2) is 75.5 Å². The molecule has 3 aromatic rings. The lowest BCUT2D eigenvalue weighted by molar-refractivity contribution is -0.249. The molecule has 5 heterocycles. The van der Waals surface area contributed by atoms with Crippen LogP contribution in [0.2, 0.25) is 0 Å². The van der Waals surface area contributed by atoms with Crippen LogP contribution in [0.25, 0.3) is 10.4 Å². The van der Waals surface area contributed by atoms with Gasteiger partial charge in [0.15, 0.2) is 24.1 Å². The van der Waals surface area contributed by atoms with Crippen LogP contribution in [0, 0.1) is 0 Å². The molecule has 4 fully saturated rings. The van der Waals surface area contributed by atoms with E-state index < -0.39 is 84.1 Å². The molecule has 2 aromatic carbocycles. The number of benzene rings is 2. The molecular weight excluding hydrogens is 718 g/mol. The number of aliphatic hydroxyl groups excluding tert-OH is 1. The van der Waals surface area contributed by atoms with Crippen molar-refractivity contribution in [3.05, 3.63) is 103 Å². The first-order valence-corrected chi connectivity index (χ1v) is 18.2. The van der Waals surface area contributed by atoms with Gasteiger partial charge in [0.25, 0.3) is 5.56 Å².